The van der Waals surface area contributed by atoms with Gasteiger partial charge in [-0.05, 0) is 29.3 Å². The van der Waals surface area contributed by atoms with Crippen molar-refractivity contribution in [3.05, 3.63) is 108 Å². The highest BCUT2D eigenvalue weighted by molar-refractivity contribution is 5.92. The van der Waals surface area contributed by atoms with Crippen molar-refractivity contribution in [1.82, 2.24) is 0 Å². The van der Waals surface area contributed by atoms with E-state index in [0.29, 0.717) is 13.0 Å². The number of allylic oxidation sites excluding steroid dienone is 1. The molecule has 3 aromatic carbocycles. The fourth-order valence-electron chi connectivity index (χ4n) is 3.35. The van der Waals surface area contributed by atoms with Gasteiger partial charge in [-0.1, -0.05) is 72.8 Å². The van der Waals surface area contributed by atoms with Crippen molar-refractivity contribution >= 4 is 11.5 Å². The van der Waals surface area contributed by atoms with E-state index in [1.165, 1.54) is 0 Å². The maximum absolute atomic E-state index is 12.1. The summed E-state index contributed by atoms with van der Waals surface area (Å²) in [7, 11) is 0. The zero-order chi connectivity index (χ0) is 18.5. The monoisotopic (exact) mass is 355 g/mol. The summed E-state index contributed by atoms with van der Waals surface area (Å²) in [6.45, 7) is 0.504. The zero-order valence-corrected chi connectivity index (χ0v) is 15.0. The number of nitrogens with zero attached hydrogens (tertiary/aromatic N) is 1. The highest BCUT2D eigenvalue weighted by Gasteiger charge is 2.26. The molecule has 1 unspecified atom stereocenters. The number of hydrogen-bond acceptors (Lipinski definition) is 3. The lowest BCUT2D eigenvalue weighted by Crippen LogP contribution is -2.29. The normalized spacial score (nSPS) is 16.4. The molecule has 0 saturated carbocycles. The largest absolute Gasteiger partial charge is 0.487 e. The Labute approximate surface area is 159 Å². The second kappa shape index (κ2) is 7.92. The van der Waals surface area contributed by atoms with Gasteiger partial charge in [0.05, 0.1) is 11.7 Å². The molecule has 0 aliphatic carbocycles. The Morgan fingerprint density at radius 2 is 1.52 bits per heavy atom. The molecule has 0 fully saturated rings. The smallest absolute Gasteiger partial charge is 0.159 e. The van der Waals surface area contributed by atoms with Crippen LogP contribution in [-0.2, 0) is 11.4 Å². The van der Waals surface area contributed by atoms with E-state index in [2.05, 4.69) is 29.2 Å². The number of anilines is 1. The summed E-state index contributed by atoms with van der Waals surface area (Å²) in [6.07, 6.45) is 3.97. The van der Waals surface area contributed by atoms with Gasteiger partial charge in [-0.25, -0.2) is 0 Å². The molecule has 0 N–H and O–H groups in total. The van der Waals surface area contributed by atoms with Crippen molar-refractivity contribution in [1.29, 1.82) is 0 Å². The van der Waals surface area contributed by atoms with Crippen LogP contribution >= 0.6 is 0 Å². The van der Waals surface area contributed by atoms with Crippen LogP contribution in [0.5, 0.6) is 5.75 Å². The third-order valence-electron chi connectivity index (χ3n) is 4.72. The molecule has 1 aliphatic rings. The van der Waals surface area contributed by atoms with E-state index in [1.54, 1.807) is 6.08 Å². The molecular weight excluding hydrogens is 334 g/mol. The average Bonchev–Trinajstić information content (AvgIpc) is 2.74. The summed E-state index contributed by atoms with van der Waals surface area (Å²) < 4.78 is 6.13. The minimum absolute atomic E-state index is 0.0369. The lowest BCUT2D eigenvalue weighted by Gasteiger charge is -2.34. The Kier molecular flexibility index (Phi) is 5.01. The third kappa shape index (κ3) is 3.93. The van der Waals surface area contributed by atoms with E-state index >= 15 is 0 Å². The van der Waals surface area contributed by atoms with Gasteiger partial charge in [0, 0.05) is 12.6 Å². The number of benzene rings is 3. The number of carbonyl (C=O) groups is 1. The molecule has 3 nitrogen and oxygen atoms in total. The molecule has 0 aromatic heterocycles. The van der Waals surface area contributed by atoms with Crippen LogP contribution in [0.15, 0.2) is 97.2 Å². The fraction of sp³-hybridized carbons (Fsp3) is 0.125. The van der Waals surface area contributed by atoms with E-state index in [9.17, 15) is 4.79 Å². The van der Waals surface area contributed by atoms with E-state index in [0.717, 1.165) is 22.6 Å². The summed E-state index contributed by atoms with van der Waals surface area (Å²) in [4.78, 5) is 14.2. The van der Waals surface area contributed by atoms with Crippen molar-refractivity contribution in [3.63, 3.8) is 0 Å². The molecule has 27 heavy (non-hydrogen) atoms. The Balaban J connectivity index is 1.65. The zero-order valence-electron chi connectivity index (χ0n) is 15.0. The summed E-state index contributed by atoms with van der Waals surface area (Å²) >= 11 is 0. The van der Waals surface area contributed by atoms with Crippen LogP contribution in [0.4, 0.5) is 5.69 Å². The van der Waals surface area contributed by atoms with Crippen molar-refractivity contribution in [2.75, 3.05) is 4.90 Å². The number of ether oxygens (including phenoxy) is 1. The lowest BCUT2D eigenvalue weighted by atomic mass is 9.96. The predicted molar refractivity (Wildman–Crippen MR) is 108 cm³/mol. The quantitative estimate of drug-likeness (QED) is 0.622. The molecule has 134 valence electrons. The first-order valence-corrected chi connectivity index (χ1v) is 9.11. The molecule has 3 heteroatoms. The average molecular weight is 355 g/mol. The second-order valence-electron chi connectivity index (χ2n) is 6.56. The van der Waals surface area contributed by atoms with Gasteiger partial charge in [0.25, 0.3) is 0 Å². The number of rotatable bonds is 5. The molecule has 0 amide bonds. The minimum Gasteiger partial charge on any atom is -0.487 e. The third-order valence-corrected chi connectivity index (χ3v) is 4.72. The molecule has 0 saturated heterocycles. The summed E-state index contributed by atoms with van der Waals surface area (Å²) in [5, 5.41) is 0. The molecule has 0 bridgehead atoms. The van der Waals surface area contributed by atoms with E-state index < -0.39 is 0 Å². The first-order chi connectivity index (χ1) is 13.3. The van der Waals surface area contributed by atoms with Crippen LogP contribution < -0.4 is 9.64 Å². The maximum Gasteiger partial charge on any atom is 0.159 e. The first kappa shape index (κ1) is 17.1. The molecule has 0 spiro atoms. The maximum atomic E-state index is 12.1. The molecule has 1 atom stereocenters. The van der Waals surface area contributed by atoms with E-state index in [4.69, 9.17) is 4.74 Å². The Hall–Kier alpha value is -3.33. The van der Waals surface area contributed by atoms with Gasteiger partial charge >= 0.3 is 0 Å². The molecule has 1 aliphatic heterocycles. The van der Waals surface area contributed by atoms with E-state index in [1.807, 2.05) is 66.9 Å². The summed E-state index contributed by atoms with van der Waals surface area (Å²) in [6, 6.07) is 28.2. The Morgan fingerprint density at radius 1 is 0.852 bits per heavy atom. The number of para-hydroxylation sites is 2. The molecular formula is C24H21NO2. The van der Waals surface area contributed by atoms with Gasteiger partial charge in [-0.2, -0.15) is 0 Å². The van der Waals surface area contributed by atoms with Gasteiger partial charge in [0.2, 0.25) is 0 Å². The van der Waals surface area contributed by atoms with Crippen LogP contribution in [-0.4, -0.2) is 5.78 Å². The topological polar surface area (TPSA) is 29.5 Å². The molecule has 1 heterocycles. The van der Waals surface area contributed by atoms with Crippen molar-refractivity contribution < 1.29 is 9.53 Å². The van der Waals surface area contributed by atoms with Crippen molar-refractivity contribution in [3.8, 4) is 5.75 Å². The highest BCUT2D eigenvalue weighted by atomic mass is 16.5. The molecule has 3 aromatic rings. The van der Waals surface area contributed by atoms with Gasteiger partial charge in [0.15, 0.2) is 5.78 Å². The van der Waals surface area contributed by atoms with Gasteiger partial charge in [0.1, 0.15) is 12.4 Å². The van der Waals surface area contributed by atoms with Crippen LogP contribution in [0, 0.1) is 0 Å². The van der Waals surface area contributed by atoms with Crippen LogP contribution in [0.25, 0.3) is 0 Å². The number of hydrogen-bond donors (Lipinski definition) is 0. The van der Waals surface area contributed by atoms with Gasteiger partial charge in [-0.15, -0.1) is 0 Å². The number of ketones is 1. The Morgan fingerprint density at radius 3 is 2.30 bits per heavy atom. The highest BCUT2D eigenvalue weighted by Crippen LogP contribution is 2.38. The van der Waals surface area contributed by atoms with Crippen LogP contribution in [0.1, 0.15) is 23.6 Å². The van der Waals surface area contributed by atoms with Crippen LogP contribution in [0.2, 0.25) is 0 Å². The molecule has 4 rings (SSSR count). The van der Waals surface area contributed by atoms with E-state index in [-0.39, 0.29) is 11.8 Å². The van der Waals surface area contributed by atoms with Crippen LogP contribution in [0.3, 0.4) is 0 Å². The molecule has 0 radical (unpaired) electrons. The standard InChI is InChI=1S/C24H21NO2/c26-21-15-16-25(23(17-21)20-11-5-2-6-12-20)22-13-7-8-14-24(22)27-18-19-9-3-1-4-10-19/h1-16,23H,17-18H2. The predicted octanol–water partition coefficient (Wildman–Crippen LogP) is 5.30. The van der Waals surface area contributed by atoms with Gasteiger partial charge < -0.3 is 9.64 Å². The Bertz CT molecular complexity index is 935. The fourth-order valence-corrected chi connectivity index (χ4v) is 3.35. The SMILES string of the molecule is O=C1C=CN(c2ccccc2OCc2ccccc2)C(c2ccccc2)C1. The second-order valence-corrected chi connectivity index (χ2v) is 6.56. The lowest BCUT2D eigenvalue weighted by molar-refractivity contribution is -0.115. The summed E-state index contributed by atoms with van der Waals surface area (Å²) in [5.41, 5.74) is 3.20. The summed E-state index contributed by atoms with van der Waals surface area (Å²) in [5.74, 6) is 0.948. The van der Waals surface area contributed by atoms with Crippen molar-refractivity contribution in [2.45, 2.75) is 19.1 Å². The minimum atomic E-state index is -0.0369. The van der Waals surface area contributed by atoms with Crippen molar-refractivity contribution in [2.24, 2.45) is 0 Å². The van der Waals surface area contributed by atoms with Gasteiger partial charge in [-0.3, -0.25) is 4.79 Å². The number of carbonyl (C=O) groups excluding carboxylic acids is 1. The first-order valence-electron chi connectivity index (χ1n) is 9.11.